The van der Waals surface area contributed by atoms with Crippen LogP contribution in [0.1, 0.15) is 6.42 Å². The molecule has 0 bridgehead atoms. The predicted octanol–water partition coefficient (Wildman–Crippen LogP) is 1.30. The number of methoxy groups -OCH3 is 2. The summed E-state index contributed by atoms with van der Waals surface area (Å²) in [6.45, 7) is 0. The van der Waals surface area contributed by atoms with Gasteiger partial charge in [-0.1, -0.05) is 12.2 Å². The summed E-state index contributed by atoms with van der Waals surface area (Å²) >= 11 is 0. The zero-order valence-corrected chi connectivity index (χ0v) is 9.88. The molecule has 0 atom stereocenters. The van der Waals surface area contributed by atoms with E-state index in [4.69, 9.17) is 0 Å². The minimum Gasteiger partial charge on any atom is -0.468 e. The molecule has 91 valence electrons. The van der Waals surface area contributed by atoms with Crippen molar-refractivity contribution < 1.29 is 19.1 Å². The summed E-state index contributed by atoms with van der Waals surface area (Å²) in [5.41, 5.74) is 0. The molecule has 0 aromatic rings. The molecule has 4 heteroatoms. The summed E-state index contributed by atoms with van der Waals surface area (Å²) in [7, 11) is 2.50. The van der Waals surface area contributed by atoms with Crippen LogP contribution in [0.4, 0.5) is 0 Å². The number of rotatable bonds is 5. The van der Waals surface area contributed by atoms with Crippen LogP contribution in [0.3, 0.4) is 0 Å². The fourth-order valence-corrected chi connectivity index (χ4v) is 1.41. The molecule has 1 saturated carbocycles. The average Bonchev–Trinajstić information content (AvgIpc) is 2.86. The molecule has 0 spiro atoms. The number of ether oxygens (including phenoxy) is 2. The van der Waals surface area contributed by atoms with Gasteiger partial charge in [0.05, 0.1) is 14.2 Å². The van der Waals surface area contributed by atoms with Gasteiger partial charge in [-0.3, -0.25) is 9.59 Å². The highest BCUT2D eigenvalue weighted by Crippen LogP contribution is 2.24. The molecule has 0 saturated heterocycles. The standard InChI is InChI=1S/C13H15O4/c1-16-12(14)11(13(15)17-2)9-5-8-10-6-3-4-7-10/h3-8,11H,9H2,1-2H3/b8-5+. The van der Waals surface area contributed by atoms with Gasteiger partial charge in [0.1, 0.15) is 0 Å². The van der Waals surface area contributed by atoms with Gasteiger partial charge in [-0.25, -0.2) is 0 Å². The average molecular weight is 235 g/mol. The maximum absolute atomic E-state index is 11.3. The third-order valence-electron chi connectivity index (χ3n) is 2.34. The Balaban J connectivity index is 2.48. The molecule has 4 nitrogen and oxygen atoms in total. The van der Waals surface area contributed by atoms with Crippen molar-refractivity contribution in [3.05, 3.63) is 43.8 Å². The van der Waals surface area contributed by atoms with Crippen molar-refractivity contribution in [3.63, 3.8) is 0 Å². The van der Waals surface area contributed by atoms with Gasteiger partial charge in [0, 0.05) is 5.92 Å². The minimum absolute atomic E-state index is 0.268. The highest BCUT2D eigenvalue weighted by molar-refractivity contribution is 5.94. The maximum atomic E-state index is 11.3. The Morgan fingerprint density at radius 1 is 1.18 bits per heavy atom. The zero-order chi connectivity index (χ0) is 12.7. The molecule has 0 aliphatic heterocycles. The number of carbonyl (C=O) groups is 2. The van der Waals surface area contributed by atoms with Gasteiger partial charge in [-0.2, -0.15) is 0 Å². The third kappa shape index (κ3) is 4.21. The highest BCUT2D eigenvalue weighted by Gasteiger charge is 2.27. The van der Waals surface area contributed by atoms with Crippen molar-refractivity contribution in [2.24, 2.45) is 5.92 Å². The number of hydrogen-bond acceptors (Lipinski definition) is 4. The Morgan fingerprint density at radius 2 is 1.71 bits per heavy atom. The molecular weight excluding hydrogens is 220 g/mol. The Bertz CT molecular complexity index is 274. The fourth-order valence-electron chi connectivity index (χ4n) is 1.41. The normalized spacial score (nSPS) is 16.6. The summed E-state index contributed by atoms with van der Waals surface area (Å²) < 4.78 is 9.10. The first-order valence-corrected chi connectivity index (χ1v) is 5.23. The van der Waals surface area contributed by atoms with Crippen molar-refractivity contribution in [2.75, 3.05) is 14.2 Å². The van der Waals surface area contributed by atoms with E-state index in [9.17, 15) is 9.59 Å². The highest BCUT2D eigenvalue weighted by atomic mass is 16.5. The molecular formula is C13H15O4. The lowest BCUT2D eigenvalue weighted by Gasteiger charge is -2.10. The van der Waals surface area contributed by atoms with Crippen molar-refractivity contribution in [2.45, 2.75) is 6.42 Å². The molecule has 5 radical (unpaired) electrons. The van der Waals surface area contributed by atoms with Crippen molar-refractivity contribution >= 4 is 11.9 Å². The Morgan fingerprint density at radius 3 is 2.18 bits per heavy atom. The molecule has 0 unspecified atom stereocenters. The summed E-state index contributed by atoms with van der Waals surface area (Å²) in [4.78, 5) is 22.7. The van der Waals surface area contributed by atoms with E-state index in [0.29, 0.717) is 0 Å². The molecule has 1 fully saturated rings. The van der Waals surface area contributed by atoms with E-state index >= 15 is 0 Å². The number of hydrogen-bond donors (Lipinski definition) is 0. The molecule has 0 N–H and O–H groups in total. The lowest BCUT2D eigenvalue weighted by atomic mass is 10.0. The molecule has 0 amide bonds. The quantitative estimate of drug-likeness (QED) is 0.532. The lowest BCUT2D eigenvalue weighted by Crippen LogP contribution is -2.25. The van der Waals surface area contributed by atoms with E-state index in [-0.39, 0.29) is 6.42 Å². The number of allylic oxidation sites excluding steroid dienone is 2. The lowest BCUT2D eigenvalue weighted by molar-refractivity contribution is -0.158. The van der Waals surface area contributed by atoms with Crippen LogP contribution in [0.15, 0.2) is 12.2 Å². The summed E-state index contributed by atoms with van der Waals surface area (Å²) in [6, 6.07) is 0. The maximum Gasteiger partial charge on any atom is 0.320 e. The van der Waals surface area contributed by atoms with E-state index in [0.717, 1.165) is 5.92 Å². The monoisotopic (exact) mass is 235 g/mol. The second-order valence-electron chi connectivity index (χ2n) is 3.46. The predicted molar refractivity (Wildman–Crippen MR) is 61.7 cm³/mol. The molecule has 0 heterocycles. The molecule has 17 heavy (non-hydrogen) atoms. The molecule has 1 aliphatic rings. The van der Waals surface area contributed by atoms with E-state index in [2.05, 4.69) is 9.47 Å². The van der Waals surface area contributed by atoms with Gasteiger partial charge in [0.25, 0.3) is 0 Å². The van der Waals surface area contributed by atoms with Crippen LogP contribution >= 0.6 is 0 Å². The first-order chi connectivity index (χ1) is 8.19. The van der Waals surface area contributed by atoms with E-state index < -0.39 is 17.9 Å². The minimum atomic E-state index is -0.892. The second-order valence-corrected chi connectivity index (χ2v) is 3.46. The summed E-state index contributed by atoms with van der Waals surface area (Å²) in [5.74, 6) is -1.03. The van der Waals surface area contributed by atoms with Gasteiger partial charge in [0.2, 0.25) is 0 Å². The molecule has 1 rings (SSSR count). The van der Waals surface area contributed by atoms with Gasteiger partial charge in [-0.15, -0.1) is 0 Å². The van der Waals surface area contributed by atoms with Crippen LogP contribution in [-0.4, -0.2) is 26.2 Å². The van der Waals surface area contributed by atoms with Crippen LogP contribution in [0.25, 0.3) is 0 Å². The first kappa shape index (κ1) is 13.7. The van der Waals surface area contributed by atoms with Crippen LogP contribution in [0, 0.1) is 37.5 Å². The number of carbonyl (C=O) groups excluding carboxylic acids is 2. The van der Waals surface area contributed by atoms with Gasteiger partial charge >= 0.3 is 11.9 Å². The SMILES string of the molecule is COC(=O)C(C/C=C/[C]1[CH][CH][CH][CH]1)C(=O)OC. The van der Waals surface area contributed by atoms with Gasteiger partial charge in [0.15, 0.2) is 5.92 Å². The topological polar surface area (TPSA) is 52.6 Å². The summed E-state index contributed by atoms with van der Waals surface area (Å²) in [6.07, 6.45) is 11.6. The first-order valence-electron chi connectivity index (χ1n) is 5.23. The largest absolute Gasteiger partial charge is 0.468 e. The van der Waals surface area contributed by atoms with Crippen molar-refractivity contribution in [3.8, 4) is 0 Å². The van der Waals surface area contributed by atoms with Crippen LogP contribution in [0.5, 0.6) is 0 Å². The smallest absolute Gasteiger partial charge is 0.320 e. The second kappa shape index (κ2) is 7.09. The van der Waals surface area contributed by atoms with Crippen LogP contribution < -0.4 is 0 Å². The molecule has 0 aromatic heterocycles. The zero-order valence-electron chi connectivity index (χ0n) is 9.88. The van der Waals surface area contributed by atoms with E-state index in [1.54, 1.807) is 6.08 Å². The Hall–Kier alpha value is -1.32. The van der Waals surface area contributed by atoms with Gasteiger partial charge in [-0.05, 0) is 32.1 Å². The Kier molecular flexibility index (Phi) is 5.73. The van der Waals surface area contributed by atoms with Gasteiger partial charge < -0.3 is 9.47 Å². The van der Waals surface area contributed by atoms with Crippen molar-refractivity contribution in [1.29, 1.82) is 0 Å². The van der Waals surface area contributed by atoms with E-state index in [1.165, 1.54) is 14.2 Å². The van der Waals surface area contributed by atoms with Crippen molar-refractivity contribution in [1.82, 2.24) is 0 Å². The third-order valence-corrected chi connectivity index (χ3v) is 2.34. The molecule has 0 aromatic carbocycles. The molecule has 1 aliphatic carbocycles. The Labute approximate surface area is 102 Å². The number of esters is 2. The van der Waals surface area contributed by atoms with Crippen LogP contribution in [0.2, 0.25) is 0 Å². The van der Waals surface area contributed by atoms with Crippen LogP contribution in [-0.2, 0) is 19.1 Å². The fraction of sp³-hybridized carbons (Fsp3) is 0.308. The summed E-state index contributed by atoms with van der Waals surface area (Å²) in [5, 5.41) is 0. The van der Waals surface area contributed by atoms with E-state index in [1.807, 2.05) is 31.8 Å².